The van der Waals surface area contributed by atoms with Gasteiger partial charge in [0.15, 0.2) is 9.84 Å². The number of hydrogen-bond acceptors (Lipinski definition) is 5. The first-order valence-corrected chi connectivity index (χ1v) is 7.82. The summed E-state index contributed by atoms with van der Waals surface area (Å²) in [6.45, 7) is 2.57. The van der Waals surface area contributed by atoms with Crippen LogP contribution in [-0.2, 0) is 16.4 Å². The summed E-state index contributed by atoms with van der Waals surface area (Å²) in [4.78, 5) is 0. The Morgan fingerprint density at radius 3 is 2.74 bits per heavy atom. The number of nitriles is 1. The molecule has 0 aliphatic carbocycles. The molecule has 0 amide bonds. The molecule has 0 spiro atoms. The van der Waals surface area contributed by atoms with E-state index in [9.17, 15) is 8.42 Å². The Morgan fingerprint density at radius 2 is 2.16 bits per heavy atom. The molecule has 0 atom stereocenters. The molecule has 6 heteroatoms. The summed E-state index contributed by atoms with van der Waals surface area (Å²) in [6.07, 6.45) is 0. The minimum absolute atomic E-state index is 0.130. The lowest BCUT2D eigenvalue weighted by molar-refractivity contribution is 0.413. The maximum absolute atomic E-state index is 11.3. The number of hydrogen-bond donors (Lipinski definition) is 1. The number of benzene rings is 1. The average molecular weight is 282 g/mol. The van der Waals surface area contributed by atoms with Crippen molar-refractivity contribution in [3.8, 4) is 11.8 Å². The highest BCUT2D eigenvalue weighted by atomic mass is 32.2. The van der Waals surface area contributed by atoms with Crippen LogP contribution in [0, 0.1) is 11.3 Å². The lowest BCUT2D eigenvalue weighted by atomic mass is 10.1. The van der Waals surface area contributed by atoms with Crippen molar-refractivity contribution in [1.82, 2.24) is 5.32 Å². The third-order valence-corrected chi connectivity index (χ3v) is 4.45. The van der Waals surface area contributed by atoms with E-state index >= 15 is 0 Å². The van der Waals surface area contributed by atoms with E-state index in [-0.39, 0.29) is 11.5 Å². The fourth-order valence-corrected chi connectivity index (χ4v) is 2.30. The van der Waals surface area contributed by atoms with E-state index in [0.717, 1.165) is 5.56 Å². The van der Waals surface area contributed by atoms with E-state index < -0.39 is 9.84 Å². The van der Waals surface area contributed by atoms with Gasteiger partial charge in [0.05, 0.1) is 18.4 Å². The standard InChI is InChI=1S/C13H18N2O3S/c1-3-19(16,17)7-6-15-10-11-4-5-13(18-2)12(8-11)9-14/h4-5,8,15H,3,6-7,10H2,1-2H3. The van der Waals surface area contributed by atoms with Crippen LogP contribution in [-0.4, -0.2) is 33.6 Å². The zero-order valence-electron chi connectivity index (χ0n) is 11.1. The first-order valence-electron chi connectivity index (χ1n) is 6.00. The summed E-state index contributed by atoms with van der Waals surface area (Å²) in [5, 5.41) is 12.0. The Morgan fingerprint density at radius 1 is 1.42 bits per heavy atom. The van der Waals surface area contributed by atoms with E-state index in [1.807, 2.05) is 6.07 Å². The molecule has 1 N–H and O–H groups in total. The molecule has 0 radical (unpaired) electrons. The zero-order valence-corrected chi connectivity index (χ0v) is 12.0. The molecule has 5 nitrogen and oxygen atoms in total. The van der Waals surface area contributed by atoms with Gasteiger partial charge in [-0.2, -0.15) is 5.26 Å². The maximum Gasteiger partial charge on any atom is 0.151 e. The molecule has 0 unspecified atom stereocenters. The van der Waals surface area contributed by atoms with Crippen LogP contribution in [0.25, 0.3) is 0 Å². The minimum Gasteiger partial charge on any atom is -0.495 e. The molecule has 104 valence electrons. The predicted molar refractivity (Wildman–Crippen MR) is 73.7 cm³/mol. The molecule has 0 fully saturated rings. The molecule has 0 aliphatic rings. The first-order chi connectivity index (χ1) is 9.02. The van der Waals surface area contributed by atoms with Gasteiger partial charge in [0.25, 0.3) is 0 Å². The Labute approximate surface area is 114 Å². The molecule has 0 aromatic heterocycles. The molecule has 0 saturated carbocycles. The fourth-order valence-electron chi connectivity index (χ4n) is 1.56. The van der Waals surface area contributed by atoms with Gasteiger partial charge in [0.1, 0.15) is 11.8 Å². The van der Waals surface area contributed by atoms with E-state index in [0.29, 0.717) is 24.4 Å². The zero-order chi connectivity index (χ0) is 14.3. The quantitative estimate of drug-likeness (QED) is 0.757. The molecule has 0 aliphatic heterocycles. The number of rotatable bonds is 7. The van der Waals surface area contributed by atoms with E-state index in [1.165, 1.54) is 7.11 Å². The Balaban J connectivity index is 2.53. The van der Waals surface area contributed by atoms with Crippen molar-refractivity contribution in [3.05, 3.63) is 29.3 Å². The molecular formula is C13H18N2O3S. The second kappa shape index (κ2) is 7.12. The molecule has 0 heterocycles. The van der Waals surface area contributed by atoms with Crippen LogP contribution in [0.3, 0.4) is 0 Å². The first kappa shape index (κ1) is 15.5. The molecular weight excluding hydrogens is 264 g/mol. The van der Waals surface area contributed by atoms with Crippen molar-refractivity contribution in [3.63, 3.8) is 0 Å². The predicted octanol–water partition coefficient (Wildman–Crippen LogP) is 1.09. The SMILES string of the molecule is CCS(=O)(=O)CCNCc1ccc(OC)c(C#N)c1. The van der Waals surface area contributed by atoms with Crippen LogP contribution < -0.4 is 10.1 Å². The monoisotopic (exact) mass is 282 g/mol. The van der Waals surface area contributed by atoms with E-state index in [1.54, 1.807) is 19.1 Å². The summed E-state index contributed by atoms with van der Waals surface area (Å²) in [5.41, 5.74) is 1.40. The van der Waals surface area contributed by atoms with Gasteiger partial charge in [0, 0.05) is 18.8 Å². The van der Waals surface area contributed by atoms with Crippen molar-refractivity contribution in [2.45, 2.75) is 13.5 Å². The number of sulfone groups is 1. The van der Waals surface area contributed by atoms with Gasteiger partial charge in [-0.05, 0) is 17.7 Å². The minimum atomic E-state index is -2.93. The molecule has 1 aromatic rings. The summed E-state index contributed by atoms with van der Waals surface area (Å²) in [5.74, 6) is 0.834. The number of ether oxygens (including phenoxy) is 1. The topological polar surface area (TPSA) is 79.2 Å². The van der Waals surface area contributed by atoms with Crippen LogP contribution in [0.4, 0.5) is 0 Å². The van der Waals surface area contributed by atoms with Crippen molar-refractivity contribution in [2.75, 3.05) is 25.2 Å². The fraction of sp³-hybridized carbons (Fsp3) is 0.462. The van der Waals surface area contributed by atoms with E-state index in [4.69, 9.17) is 10.00 Å². The second-order valence-electron chi connectivity index (χ2n) is 4.06. The highest BCUT2D eigenvalue weighted by Gasteiger charge is 2.07. The highest BCUT2D eigenvalue weighted by Crippen LogP contribution is 2.18. The summed E-state index contributed by atoms with van der Waals surface area (Å²) < 4.78 is 27.6. The van der Waals surface area contributed by atoms with Crippen molar-refractivity contribution >= 4 is 9.84 Å². The van der Waals surface area contributed by atoms with Crippen LogP contribution in [0.1, 0.15) is 18.1 Å². The van der Waals surface area contributed by atoms with Crippen LogP contribution >= 0.6 is 0 Å². The third-order valence-electron chi connectivity index (χ3n) is 2.74. The van der Waals surface area contributed by atoms with Gasteiger partial charge in [-0.25, -0.2) is 8.42 Å². The van der Waals surface area contributed by atoms with Crippen LogP contribution in [0.2, 0.25) is 0 Å². The van der Waals surface area contributed by atoms with Gasteiger partial charge in [-0.3, -0.25) is 0 Å². The van der Waals surface area contributed by atoms with Crippen LogP contribution in [0.5, 0.6) is 5.75 Å². The molecule has 19 heavy (non-hydrogen) atoms. The largest absolute Gasteiger partial charge is 0.495 e. The Hall–Kier alpha value is -1.58. The molecule has 0 saturated heterocycles. The lowest BCUT2D eigenvalue weighted by Gasteiger charge is -2.07. The van der Waals surface area contributed by atoms with Gasteiger partial charge in [0.2, 0.25) is 0 Å². The normalized spacial score (nSPS) is 11.0. The molecule has 0 bridgehead atoms. The van der Waals surface area contributed by atoms with Crippen molar-refractivity contribution in [2.24, 2.45) is 0 Å². The van der Waals surface area contributed by atoms with Crippen molar-refractivity contribution < 1.29 is 13.2 Å². The van der Waals surface area contributed by atoms with Crippen molar-refractivity contribution in [1.29, 1.82) is 5.26 Å². The Bertz CT molecular complexity index is 562. The third kappa shape index (κ3) is 4.89. The molecule has 1 aromatic carbocycles. The highest BCUT2D eigenvalue weighted by molar-refractivity contribution is 7.91. The Kier molecular flexibility index (Phi) is 5.80. The van der Waals surface area contributed by atoms with Gasteiger partial charge in [-0.15, -0.1) is 0 Å². The second-order valence-corrected chi connectivity index (χ2v) is 6.53. The van der Waals surface area contributed by atoms with E-state index in [2.05, 4.69) is 11.4 Å². The lowest BCUT2D eigenvalue weighted by Crippen LogP contribution is -2.23. The van der Waals surface area contributed by atoms with Crippen LogP contribution in [0.15, 0.2) is 18.2 Å². The van der Waals surface area contributed by atoms with Gasteiger partial charge >= 0.3 is 0 Å². The number of methoxy groups -OCH3 is 1. The van der Waals surface area contributed by atoms with Gasteiger partial charge < -0.3 is 10.1 Å². The summed E-state index contributed by atoms with van der Waals surface area (Å²) >= 11 is 0. The average Bonchev–Trinajstić information content (AvgIpc) is 2.43. The smallest absolute Gasteiger partial charge is 0.151 e. The number of nitrogens with zero attached hydrogens (tertiary/aromatic N) is 1. The summed E-state index contributed by atoms with van der Waals surface area (Å²) in [7, 11) is -1.41. The molecule has 1 rings (SSSR count). The van der Waals surface area contributed by atoms with Gasteiger partial charge in [-0.1, -0.05) is 13.0 Å². The maximum atomic E-state index is 11.3. The number of nitrogens with one attached hydrogen (secondary N) is 1. The summed E-state index contributed by atoms with van der Waals surface area (Å²) in [6, 6.07) is 7.38.